The highest BCUT2D eigenvalue weighted by Gasteiger charge is 2.41. The molecule has 20 heavy (non-hydrogen) atoms. The van der Waals surface area contributed by atoms with Crippen molar-refractivity contribution >= 4 is 11.0 Å². The van der Waals surface area contributed by atoms with Gasteiger partial charge in [-0.3, -0.25) is 0 Å². The summed E-state index contributed by atoms with van der Waals surface area (Å²) in [4.78, 5) is 0. The highest BCUT2D eigenvalue weighted by molar-refractivity contribution is 5.82. The van der Waals surface area contributed by atoms with Gasteiger partial charge in [0, 0.05) is 11.4 Å². The molecule has 4 unspecified atom stereocenters. The van der Waals surface area contributed by atoms with Gasteiger partial charge in [-0.25, -0.2) is 0 Å². The van der Waals surface area contributed by atoms with Gasteiger partial charge in [0.2, 0.25) is 0 Å². The van der Waals surface area contributed by atoms with Gasteiger partial charge < -0.3 is 14.5 Å². The third-order valence-electron chi connectivity index (χ3n) is 4.84. The largest absolute Gasteiger partial charge is 0.459 e. The van der Waals surface area contributed by atoms with Crippen LogP contribution in [0.5, 0.6) is 0 Å². The van der Waals surface area contributed by atoms with Crippen LogP contribution in [0.1, 0.15) is 43.6 Å². The average Bonchev–Trinajstić information content (AvgIpc) is 3.14. The predicted molar refractivity (Wildman–Crippen MR) is 78.8 cm³/mol. The Morgan fingerprint density at radius 1 is 1.25 bits per heavy atom. The van der Waals surface area contributed by atoms with Gasteiger partial charge in [0.25, 0.3) is 0 Å². The van der Waals surface area contributed by atoms with Crippen molar-refractivity contribution in [2.24, 2.45) is 0 Å². The average molecular weight is 271 g/mol. The molecule has 1 N–H and O–H groups in total. The molecule has 2 bridgehead atoms. The maximum Gasteiger partial charge on any atom is 0.134 e. The van der Waals surface area contributed by atoms with Crippen molar-refractivity contribution in [3.05, 3.63) is 35.6 Å². The molecule has 0 aliphatic carbocycles. The van der Waals surface area contributed by atoms with Gasteiger partial charge in [-0.05, 0) is 44.7 Å². The molecular weight excluding hydrogens is 250 g/mol. The van der Waals surface area contributed by atoms with E-state index in [2.05, 4.69) is 31.3 Å². The fourth-order valence-electron chi connectivity index (χ4n) is 3.82. The zero-order chi connectivity index (χ0) is 13.7. The van der Waals surface area contributed by atoms with Crippen LogP contribution in [0.4, 0.5) is 0 Å². The summed E-state index contributed by atoms with van der Waals surface area (Å²) >= 11 is 0. The number of ether oxygens (including phenoxy) is 1. The molecule has 2 saturated heterocycles. The van der Waals surface area contributed by atoms with E-state index in [1.807, 2.05) is 12.1 Å². The number of nitrogens with one attached hydrogen (secondary N) is 1. The van der Waals surface area contributed by atoms with Crippen LogP contribution in [0.3, 0.4) is 0 Å². The smallest absolute Gasteiger partial charge is 0.134 e. The van der Waals surface area contributed by atoms with E-state index in [0.29, 0.717) is 18.2 Å². The normalized spacial score (nSPS) is 30.2. The monoisotopic (exact) mass is 271 g/mol. The zero-order valence-electron chi connectivity index (χ0n) is 12.1. The standard InChI is InChI=1S/C17H21NO2/c1-10-13-5-3-4-6-15(13)20-17(10)11(2)18-14-9-12-7-8-16(14)19-12/h3-6,11-12,14,16,18H,7-9H2,1-2H3. The number of aryl methyl sites for hydroxylation is 1. The van der Waals surface area contributed by atoms with Crippen LogP contribution in [0.2, 0.25) is 0 Å². The van der Waals surface area contributed by atoms with E-state index in [0.717, 1.165) is 17.8 Å². The minimum absolute atomic E-state index is 0.232. The minimum atomic E-state index is 0.232. The summed E-state index contributed by atoms with van der Waals surface area (Å²) in [5.74, 6) is 1.06. The van der Waals surface area contributed by atoms with E-state index in [1.54, 1.807) is 0 Å². The van der Waals surface area contributed by atoms with Crippen molar-refractivity contribution in [2.75, 3.05) is 0 Å². The summed E-state index contributed by atoms with van der Waals surface area (Å²) < 4.78 is 12.0. The summed E-state index contributed by atoms with van der Waals surface area (Å²) in [5, 5.41) is 4.93. The Bertz CT molecular complexity index is 633. The van der Waals surface area contributed by atoms with E-state index in [1.165, 1.54) is 23.8 Å². The number of benzene rings is 1. The molecule has 2 aliphatic rings. The molecule has 2 aromatic rings. The number of furan rings is 1. The summed E-state index contributed by atoms with van der Waals surface area (Å²) in [7, 11) is 0. The Morgan fingerprint density at radius 3 is 2.80 bits per heavy atom. The Kier molecular flexibility index (Phi) is 2.86. The van der Waals surface area contributed by atoms with Crippen LogP contribution < -0.4 is 5.32 Å². The second-order valence-corrected chi connectivity index (χ2v) is 6.19. The molecule has 4 atom stereocenters. The second-order valence-electron chi connectivity index (χ2n) is 6.19. The first-order valence-corrected chi connectivity index (χ1v) is 7.62. The van der Waals surface area contributed by atoms with Crippen molar-refractivity contribution in [1.29, 1.82) is 0 Å². The van der Waals surface area contributed by atoms with Crippen molar-refractivity contribution in [3.8, 4) is 0 Å². The molecule has 2 aliphatic heterocycles. The lowest BCUT2D eigenvalue weighted by molar-refractivity contribution is 0.0959. The Morgan fingerprint density at radius 2 is 2.10 bits per heavy atom. The van der Waals surface area contributed by atoms with E-state index in [9.17, 15) is 0 Å². The van der Waals surface area contributed by atoms with Crippen molar-refractivity contribution in [3.63, 3.8) is 0 Å². The third-order valence-corrected chi connectivity index (χ3v) is 4.84. The number of para-hydroxylation sites is 1. The molecule has 106 valence electrons. The summed E-state index contributed by atoms with van der Waals surface area (Å²) in [6.07, 6.45) is 4.48. The SMILES string of the molecule is Cc1c(C(C)NC2CC3CCC2O3)oc2ccccc12. The first-order chi connectivity index (χ1) is 9.72. The van der Waals surface area contributed by atoms with Crippen molar-refractivity contribution in [1.82, 2.24) is 5.32 Å². The maximum absolute atomic E-state index is 6.05. The summed E-state index contributed by atoms with van der Waals surface area (Å²) in [6.45, 7) is 4.34. The van der Waals surface area contributed by atoms with Crippen LogP contribution in [0, 0.1) is 6.92 Å². The van der Waals surface area contributed by atoms with Gasteiger partial charge in [-0.15, -0.1) is 0 Å². The van der Waals surface area contributed by atoms with Gasteiger partial charge in [-0.2, -0.15) is 0 Å². The lowest BCUT2D eigenvalue weighted by Gasteiger charge is -2.23. The maximum atomic E-state index is 6.05. The highest BCUT2D eigenvalue weighted by Crippen LogP contribution is 2.36. The van der Waals surface area contributed by atoms with Gasteiger partial charge in [0.15, 0.2) is 0 Å². The lowest BCUT2D eigenvalue weighted by Crippen LogP contribution is -2.39. The molecule has 4 rings (SSSR count). The van der Waals surface area contributed by atoms with Crippen LogP contribution >= 0.6 is 0 Å². The van der Waals surface area contributed by atoms with E-state index in [4.69, 9.17) is 9.15 Å². The van der Waals surface area contributed by atoms with E-state index in [-0.39, 0.29) is 6.04 Å². The zero-order valence-corrected chi connectivity index (χ0v) is 12.1. The Labute approximate surface area is 119 Å². The topological polar surface area (TPSA) is 34.4 Å². The lowest BCUT2D eigenvalue weighted by atomic mass is 9.94. The number of rotatable bonds is 3. The minimum Gasteiger partial charge on any atom is -0.459 e. The van der Waals surface area contributed by atoms with Crippen molar-refractivity contribution < 1.29 is 9.15 Å². The molecule has 0 saturated carbocycles. The fourth-order valence-corrected chi connectivity index (χ4v) is 3.82. The molecule has 3 heteroatoms. The van der Waals surface area contributed by atoms with E-state index >= 15 is 0 Å². The van der Waals surface area contributed by atoms with Crippen molar-refractivity contribution in [2.45, 2.75) is 57.4 Å². The van der Waals surface area contributed by atoms with Gasteiger partial charge in [0.1, 0.15) is 11.3 Å². The summed E-state index contributed by atoms with van der Waals surface area (Å²) in [5.41, 5.74) is 2.24. The highest BCUT2D eigenvalue weighted by atomic mass is 16.5. The molecule has 1 aromatic carbocycles. The number of fused-ring (bicyclic) bond motifs is 3. The molecule has 3 nitrogen and oxygen atoms in total. The molecule has 0 amide bonds. The van der Waals surface area contributed by atoms with Gasteiger partial charge in [-0.1, -0.05) is 18.2 Å². The first kappa shape index (κ1) is 12.4. The third kappa shape index (κ3) is 1.88. The number of hydrogen-bond donors (Lipinski definition) is 1. The first-order valence-electron chi connectivity index (χ1n) is 7.62. The Balaban J connectivity index is 1.57. The Hall–Kier alpha value is -1.32. The summed E-state index contributed by atoms with van der Waals surface area (Å²) in [6, 6.07) is 8.98. The van der Waals surface area contributed by atoms with Crippen LogP contribution in [-0.2, 0) is 4.74 Å². The predicted octanol–water partition coefficient (Wildman–Crippen LogP) is 3.71. The van der Waals surface area contributed by atoms with Crippen LogP contribution in [0.25, 0.3) is 11.0 Å². The molecule has 0 radical (unpaired) electrons. The van der Waals surface area contributed by atoms with Crippen LogP contribution in [-0.4, -0.2) is 18.2 Å². The second kappa shape index (κ2) is 4.61. The fraction of sp³-hybridized carbons (Fsp3) is 0.529. The molecular formula is C17H21NO2. The quantitative estimate of drug-likeness (QED) is 0.924. The molecule has 2 fully saturated rings. The number of hydrogen-bond acceptors (Lipinski definition) is 3. The molecule has 3 heterocycles. The van der Waals surface area contributed by atoms with E-state index < -0.39 is 0 Å². The molecule has 1 aromatic heterocycles. The molecule has 0 spiro atoms. The van der Waals surface area contributed by atoms with Gasteiger partial charge in [0.05, 0.1) is 18.2 Å². The van der Waals surface area contributed by atoms with Gasteiger partial charge >= 0.3 is 0 Å². The van der Waals surface area contributed by atoms with Crippen LogP contribution in [0.15, 0.2) is 28.7 Å².